The SMILES string of the molecule is CNC(C)(CCN(C)C(C)C1CC1)C(=O)OC. The summed E-state index contributed by atoms with van der Waals surface area (Å²) in [5.74, 6) is 0.673. The minimum atomic E-state index is -0.577. The van der Waals surface area contributed by atoms with Gasteiger partial charge in [0, 0.05) is 12.6 Å². The Morgan fingerprint density at radius 3 is 2.59 bits per heavy atom. The van der Waals surface area contributed by atoms with Gasteiger partial charge >= 0.3 is 5.97 Å². The number of likely N-dealkylation sites (N-methyl/N-ethyl adjacent to an activating group) is 1. The van der Waals surface area contributed by atoms with Gasteiger partial charge in [-0.2, -0.15) is 0 Å². The van der Waals surface area contributed by atoms with Crippen molar-refractivity contribution in [2.45, 2.75) is 44.7 Å². The van der Waals surface area contributed by atoms with Crippen molar-refractivity contribution in [3.05, 3.63) is 0 Å². The number of ether oxygens (including phenoxy) is 1. The molecule has 0 spiro atoms. The van der Waals surface area contributed by atoms with E-state index in [2.05, 4.69) is 24.2 Å². The zero-order valence-electron chi connectivity index (χ0n) is 11.7. The lowest BCUT2D eigenvalue weighted by molar-refractivity contribution is -0.148. The van der Waals surface area contributed by atoms with Crippen LogP contribution in [-0.2, 0) is 9.53 Å². The molecule has 0 saturated heterocycles. The van der Waals surface area contributed by atoms with E-state index in [-0.39, 0.29) is 5.97 Å². The van der Waals surface area contributed by atoms with E-state index in [1.54, 1.807) is 7.05 Å². The van der Waals surface area contributed by atoms with Crippen molar-refractivity contribution in [3.63, 3.8) is 0 Å². The molecule has 1 rings (SSSR count). The fourth-order valence-electron chi connectivity index (χ4n) is 2.10. The topological polar surface area (TPSA) is 41.6 Å². The fraction of sp³-hybridized carbons (Fsp3) is 0.923. The molecule has 100 valence electrons. The first-order valence-corrected chi connectivity index (χ1v) is 6.42. The summed E-state index contributed by atoms with van der Waals surface area (Å²) >= 11 is 0. The largest absolute Gasteiger partial charge is 0.468 e. The summed E-state index contributed by atoms with van der Waals surface area (Å²) in [5.41, 5.74) is -0.577. The van der Waals surface area contributed by atoms with Crippen LogP contribution in [0.3, 0.4) is 0 Å². The molecule has 0 bridgehead atoms. The standard InChI is InChI=1S/C13H26N2O2/c1-10(11-6-7-11)15(4)9-8-13(2,14-3)12(16)17-5/h10-11,14H,6-9H2,1-5H3. The summed E-state index contributed by atoms with van der Waals surface area (Å²) in [6.45, 7) is 5.07. The molecule has 0 aliphatic heterocycles. The van der Waals surface area contributed by atoms with Gasteiger partial charge in [0.25, 0.3) is 0 Å². The maximum Gasteiger partial charge on any atom is 0.325 e. The third-order valence-electron chi connectivity index (χ3n) is 4.15. The van der Waals surface area contributed by atoms with Gasteiger partial charge in [0.2, 0.25) is 0 Å². The molecule has 2 atom stereocenters. The maximum absolute atomic E-state index is 11.7. The number of nitrogens with zero attached hydrogens (tertiary/aromatic N) is 1. The van der Waals surface area contributed by atoms with E-state index >= 15 is 0 Å². The van der Waals surface area contributed by atoms with Crippen LogP contribution in [0.25, 0.3) is 0 Å². The second-order valence-corrected chi connectivity index (χ2v) is 5.38. The second-order valence-electron chi connectivity index (χ2n) is 5.38. The van der Waals surface area contributed by atoms with Gasteiger partial charge in [-0.1, -0.05) is 0 Å². The molecule has 0 amide bonds. The van der Waals surface area contributed by atoms with Crippen LogP contribution in [0.5, 0.6) is 0 Å². The molecule has 1 aliphatic rings. The predicted octanol–water partition coefficient (Wildman–Crippen LogP) is 1.26. The first-order valence-electron chi connectivity index (χ1n) is 6.42. The van der Waals surface area contributed by atoms with Crippen molar-refractivity contribution in [2.24, 2.45) is 5.92 Å². The van der Waals surface area contributed by atoms with E-state index in [0.29, 0.717) is 6.04 Å². The molecule has 0 aromatic rings. The average molecular weight is 242 g/mol. The van der Waals surface area contributed by atoms with Crippen LogP contribution in [0.4, 0.5) is 0 Å². The van der Waals surface area contributed by atoms with Gasteiger partial charge in [-0.15, -0.1) is 0 Å². The van der Waals surface area contributed by atoms with Crippen molar-refractivity contribution in [3.8, 4) is 0 Å². The van der Waals surface area contributed by atoms with E-state index in [4.69, 9.17) is 4.74 Å². The fourth-order valence-corrected chi connectivity index (χ4v) is 2.10. The van der Waals surface area contributed by atoms with Crippen molar-refractivity contribution in [1.29, 1.82) is 0 Å². The number of hydrogen-bond donors (Lipinski definition) is 1. The number of carbonyl (C=O) groups excluding carboxylic acids is 1. The normalized spacial score (nSPS) is 21.1. The Morgan fingerprint density at radius 2 is 2.18 bits per heavy atom. The van der Waals surface area contributed by atoms with Gasteiger partial charge < -0.3 is 15.0 Å². The number of methoxy groups -OCH3 is 1. The van der Waals surface area contributed by atoms with E-state index in [9.17, 15) is 4.79 Å². The van der Waals surface area contributed by atoms with Gasteiger partial charge in [0.1, 0.15) is 5.54 Å². The molecule has 0 heterocycles. The van der Waals surface area contributed by atoms with Crippen LogP contribution in [0.15, 0.2) is 0 Å². The Labute approximate surface area is 105 Å². The highest BCUT2D eigenvalue weighted by atomic mass is 16.5. The Balaban J connectivity index is 2.43. The number of carbonyl (C=O) groups is 1. The lowest BCUT2D eigenvalue weighted by Gasteiger charge is -2.31. The predicted molar refractivity (Wildman–Crippen MR) is 68.9 cm³/mol. The molecule has 17 heavy (non-hydrogen) atoms. The molecular weight excluding hydrogens is 216 g/mol. The van der Waals surface area contributed by atoms with Crippen LogP contribution in [0.2, 0.25) is 0 Å². The third-order valence-corrected chi connectivity index (χ3v) is 4.15. The smallest absolute Gasteiger partial charge is 0.325 e. The molecule has 4 heteroatoms. The Kier molecular flexibility index (Phi) is 4.95. The van der Waals surface area contributed by atoms with Gasteiger partial charge in [0.05, 0.1) is 7.11 Å². The Bertz CT molecular complexity index is 266. The van der Waals surface area contributed by atoms with Crippen molar-refractivity contribution in [1.82, 2.24) is 10.2 Å². The van der Waals surface area contributed by atoms with Crippen molar-refractivity contribution >= 4 is 5.97 Å². The molecule has 1 fully saturated rings. The van der Waals surface area contributed by atoms with E-state index in [1.807, 2.05) is 6.92 Å². The molecule has 0 aromatic carbocycles. The minimum Gasteiger partial charge on any atom is -0.468 e. The first kappa shape index (κ1) is 14.5. The molecular formula is C13H26N2O2. The molecule has 4 nitrogen and oxygen atoms in total. The Morgan fingerprint density at radius 1 is 1.59 bits per heavy atom. The summed E-state index contributed by atoms with van der Waals surface area (Å²) in [6.07, 6.45) is 3.47. The van der Waals surface area contributed by atoms with Gasteiger partial charge in [-0.3, -0.25) is 4.79 Å². The van der Waals surface area contributed by atoms with Gasteiger partial charge in [-0.05, 0) is 53.1 Å². The maximum atomic E-state index is 11.7. The van der Waals surface area contributed by atoms with E-state index < -0.39 is 5.54 Å². The van der Waals surface area contributed by atoms with Crippen LogP contribution in [0, 0.1) is 5.92 Å². The van der Waals surface area contributed by atoms with E-state index in [1.165, 1.54) is 20.0 Å². The monoisotopic (exact) mass is 242 g/mol. The lowest BCUT2D eigenvalue weighted by Crippen LogP contribution is -2.50. The summed E-state index contributed by atoms with van der Waals surface area (Å²) in [4.78, 5) is 14.0. The summed E-state index contributed by atoms with van der Waals surface area (Å²) < 4.78 is 4.84. The highest BCUT2D eigenvalue weighted by Gasteiger charge is 2.35. The van der Waals surface area contributed by atoms with Crippen LogP contribution in [-0.4, -0.2) is 50.2 Å². The molecule has 1 N–H and O–H groups in total. The molecule has 0 radical (unpaired) electrons. The summed E-state index contributed by atoms with van der Waals surface area (Å²) in [7, 11) is 5.38. The minimum absolute atomic E-state index is 0.188. The Hall–Kier alpha value is -0.610. The molecule has 1 saturated carbocycles. The average Bonchev–Trinajstić information content (AvgIpc) is 3.17. The van der Waals surface area contributed by atoms with Crippen LogP contribution >= 0.6 is 0 Å². The number of hydrogen-bond acceptors (Lipinski definition) is 4. The van der Waals surface area contributed by atoms with Gasteiger partial charge in [-0.25, -0.2) is 0 Å². The molecule has 2 unspecified atom stereocenters. The van der Waals surface area contributed by atoms with Crippen LogP contribution < -0.4 is 5.32 Å². The lowest BCUT2D eigenvalue weighted by atomic mass is 9.97. The van der Waals surface area contributed by atoms with Crippen molar-refractivity contribution in [2.75, 3.05) is 27.7 Å². The number of rotatable bonds is 7. The highest BCUT2D eigenvalue weighted by molar-refractivity contribution is 5.80. The zero-order chi connectivity index (χ0) is 13.1. The molecule has 0 aromatic heterocycles. The summed E-state index contributed by atoms with van der Waals surface area (Å²) in [6, 6.07) is 0.619. The number of esters is 1. The highest BCUT2D eigenvalue weighted by Crippen LogP contribution is 2.34. The summed E-state index contributed by atoms with van der Waals surface area (Å²) in [5, 5.41) is 3.07. The third kappa shape index (κ3) is 3.68. The quantitative estimate of drug-likeness (QED) is 0.682. The van der Waals surface area contributed by atoms with Crippen molar-refractivity contribution < 1.29 is 9.53 Å². The second kappa shape index (κ2) is 5.83. The van der Waals surface area contributed by atoms with E-state index in [0.717, 1.165) is 18.9 Å². The van der Waals surface area contributed by atoms with Crippen LogP contribution in [0.1, 0.15) is 33.1 Å². The van der Waals surface area contributed by atoms with Gasteiger partial charge in [0.15, 0.2) is 0 Å². The molecule has 1 aliphatic carbocycles. The zero-order valence-corrected chi connectivity index (χ0v) is 11.7. The number of nitrogens with one attached hydrogen (secondary N) is 1. The first-order chi connectivity index (χ1) is 7.94.